The number of rotatable bonds is 8. The first-order chi connectivity index (χ1) is 9.86. The predicted octanol–water partition coefficient (Wildman–Crippen LogP) is -0.925. The highest BCUT2D eigenvalue weighted by atomic mass is 32.2. The normalized spacial score (nSPS) is 11.3. The van der Waals surface area contributed by atoms with Gasteiger partial charge in [0.05, 0.1) is 7.11 Å². The van der Waals surface area contributed by atoms with Crippen LogP contribution in [0.3, 0.4) is 0 Å². The number of methoxy groups -OCH3 is 1. The highest BCUT2D eigenvalue weighted by Crippen LogP contribution is 2.02. The Morgan fingerprint density at radius 2 is 2.00 bits per heavy atom. The minimum Gasteiger partial charge on any atom is -0.469 e. The van der Waals surface area contributed by atoms with E-state index in [1.807, 2.05) is 4.98 Å². The van der Waals surface area contributed by atoms with Gasteiger partial charge < -0.3 is 9.72 Å². The molecule has 1 aromatic heterocycles. The van der Waals surface area contributed by atoms with Crippen molar-refractivity contribution >= 4 is 16.0 Å². The van der Waals surface area contributed by atoms with Crippen molar-refractivity contribution < 1.29 is 17.9 Å². The van der Waals surface area contributed by atoms with Crippen LogP contribution in [0.4, 0.5) is 0 Å². The Morgan fingerprint density at radius 3 is 2.62 bits per heavy atom. The number of carbonyl (C=O) groups is 1. The van der Waals surface area contributed by atoms with Crippen molar-refractivity contribution in [1.29, 1.82) is 0 Å². The van der Waals surface area contributed by atoms with Gasteiger partial charge >= 0.3 is 11.7 Å². The lowest BCUT2D eigenvalue weighted by Crippen LogP contribution is -2.33. The van der Waals surface area contributed by atoms with Gasteiger partial charge in [-0.2, -0.15) is 0 Å². The van der Waals surface area contributed by atoms with E-state index in [1.165, 1.54) is 7.11 Å². The molecule has 0 bridgehead atoms. The van der Waals surface area contributed by atoms with Crippen LogP contribution in [-0.4, -0.2) is 38.0 Å². The van der Waals surface area contributed by atoms with Gasteiger partial charge in [0.1, 0.15) is 0 Å². The molecule has 0 aliphatic heterocycles. The Kier molecular flexibility index (Phi) is 6.31. The molecule has 0 saturated heterocycles. The molecule has 9 nitrogen and oxygen atoms in total. The number of unbranched alkanes of at least 4 members (excludes halogenated alkanes) is 2. The van der Waals surface area contributed by atoms with Crippen LogP contribution >= 0.6 is 0 Å². The lowest BCUT2D eigenvalue weighted by molar-refractivity contribution is -0.140. The molecule has 0 aliphatic carbocycles. The zero-order valence-electron chi connectivity index (χ0n) is 11.5. The molecule has 21 heavy (non-hydrogen) atoms. The molecule has 0 fully saturated rings. The minimum atomic E-state index is -3.97. The van der Waals surface area contributed by atoms with E-state index >= 15 is 0 Å². The number of hydrogen-bond acceptors (Lipinski definition) is 6. The molecule has 0 atom stereocenters. The smallest absolute Gasteiger partial charge is 0.325 e. The van der Waals surface area contributed by atoms with E-state index in [4.69, 9.17) is 0 Å². The molecule has 0 spiro atoms. The fraction of sp³-hybridized carbons (Fsp3) is 0.545. The molecule has 0 unspecified atom stereocenters. The lowest BCUT2D eigenvalue weighted by atomic mass is 10.2. The maximum atomic E-state index is 11.8. The third-order valence-electron chi connectivity index (χ3n) is 2.65. The zero-order valence-corrected chi connectivity index (χ0v) is 12.3. The molecule has 3 N–H and O–H groups in total. The summed E-state index contributed by atoms with van der Waals surface area (Å²) in [5.41, 5.74) is -1.75. The van der Waals surface area contributed by atoms with Crippen LogP contribution in [0.5, 0.6) is 0 Å². The number of aromatic amines is 2. The molecule has 0 amide bonds. The van der Waals surface area contributed by atoms with Crippen molar-refractivity contribution in [2.75, 3.05) is 13.7 Å². The van der Waals surface area contributed by atoms with E-state index < -0.39 is 26.2 Å². The number of hydrogen-bond donors (Lipinski definition) is 3. The fourth-order valence-electron chi connectivity index (χ4n) is 1.55. The number of esters is 1. The van der Waals surface area contributed by atoms with E-state index in [0.29, 0.717) is 19.3 Å². The second-order valence-electron chi connectivity index (χ2n) is 4.22. The fourth-order valence-corrected chi connectivity index (χ4v) is 2.63. The van der Waals surface area contributed by atoms with Crippen LogP contribution in [0.25, 0.3) is 0 Å². The van der Waals surface area contributed by atoms with Crippen molar-refractivity contribution in [3.63, 3.8) is 0 Å². The van der Waals surface area contributed by atoms with Gasteiger partial charge in [-0.05, 0) is 12.8 Å². The highest BCUT2D eigenvalue weighted by molar-refractivity contribution is 7.89. The molecule has 1 rings (SSSR count). The summed E-state index contributed by atoms with van der Waals surface area (Å²) in [6, 6.07) is 0. The first-order valence-electron chi connectivity index (χ1n) is 6.25. The standard InChI is InChI=1S/C11H17N3O6S/c1-20-9(15)5-3-2-4-6-13-21(18,19)8-7-12-11(17)14-10(8)16/h7,13H,2-6H2,1H3,(H2,12,14,16,17). The topological polar surface area (TPSA) is 138 Å². The van der Waals surface area contributed by atoms with E-state index in [9.17, 15) is 22.8 Å². The molecular formula is C11H17N3O6S. The van der Waals surface area contributed by atoms with Crippen LogP contribution in [0, 0.1) is 0 Å². The average Bonchev–Trinajstić information content (AvgIpc) is 2.41. The number of sulfonamides is 1. The molecule has 1 heterocycles. The Hall–Kier alpha value is -1.94. The van der Waals surface area contributed by atoms with E-state index in [-0.39, 0.29) is 18.9 Å². The monoisotopic (exact) mass is 319 g/mol. The summed E-state index contributed by atoms with van der Waals surface area (Å²) in [7, 11) is -2.67. The lowest BCUT2D eigenvalue weighted by Gasteiger charge is -2.05. The second kappa shape index (κ2) is 7.74. The number of H-pyrrole nitrogens is 2. The predicted molar refractivity (Wildman–Crippen MR) is 73.4 cm³/mol. The number of carbonyl (C=O) groups excluding carboxylic acids is 1. The Morgan fingerprint density at radius 1 is 1.29 bits per heavy atom. The maximum absolute atomic E-state index is 11.8. The van der Waals surface area contributed by atoms with E-state index in [1.54, 1.807) is 0 Å². The van der Waals surface area contributed by atoms with Crippen molar-refractivity contribution in [3.05, 3.63) is 27.0 Å². The number of ether oxygens (including phenoxy) is 1. The summed E-state index contributed by atoms with van der Waals surface area (Å²) in [5, 5.41) is 0. The van der Waals surface area contributed by atoms with Crippen molar-refractivity contribution in [2.24, 2.45) is 0 Å². The van der Waals surface area contributed by atoms with Gasteiger partial charge in [0.15, 0.2) is 4.90 Å². The first kappa shape index (κ1) is 17.1. The molecule has 0 saturated carbocycles. The van der Waals surface area contributed by atoms with Gasteiger partial charge in [-0.3, -0.25) is 14.6 Å². The molecule has 1 aromatic rings. The third kappa shape index (κ3) is 5.52. The Bertz CT molecular complexity index is 690. The molecule has 118 valence electrons. The van der Waals surface area contributed by atoms with Crippen LogP contribution in [0.2, 0.25) is 0 Å². The summed E-state index contributed by atoms with van der Waals surface area (Å²) in [6.07, 6.45) is 2.87. The average molecular weight is 319 g/mol. The van der Waals surface area contributed by atoms with Crippen molar-refractivity contribution in [1.82, 2.24) is 14.7 Å². The molecule has 0 aromatic carbocycles. The zero-order chi connectivity index (χ0) is 15.9. The SMILES string of the molecule is COC(=O)CCCCCNS(=O)(=O)c1c[nH]c(=O)[nH]c1=O. The van der Waals surface area contributed by atoms with Gasteiger partial charge in [-0.1, -0.05) is 6.42 Å². The molecular weight excluding hydrogens is 302 g/mol. The summed E-state index contributed by atoms with van der Waals surface area (Å²) in [4.78, 5) is 36.4. The van der Waals surface area contributed by atoms with E-state index in [2.05, 4.69) is 14.4 Å². The van der Waals surface area contributed by atoms with Crippen LogP contribution in [-0.2, 0) is 19.6 Å². The second-order valence-corrected chi connectivity index (χ2v) is 5.96. The first-order valence-corrected chi connectivity index (χ1v) is 7.73. The quantitative estimate of drug-likeness (QED) is 0.418. The highest BCUT2D eigenvalue weighted by Gasteiger charge is 2.17. The Labute approximate surface area is 120 Å². The van der Waals surface area contributed by atoms with Crippen LogP contribution < -0.4 is 16.0 Å². The largest absolute Gasteiger partial charge is 0.469 e. The summed E-state index contributed by atoms with van der Waals surface area (Å²) >= 11 is 0. The van der Waals surface area contributed by atoms with Crippen LogP contribution in [0.1, 0.15) is 25.7 Å². The summed E-state index contributed by atoms with van der Waals surface area (Å²) in [6.45, 7) is 0.127. The Balaban J connectivity index is 2.45. The summed E-state index contributed by atoms with van der Waals surface area (Å²) < 4.78 is 30.4. The minimum absolute atomic E-state index is 0.127. The van der Waals surface area contributed by atoms with Gasteiger partial charge in [-0.25, -0.2) is 17.9 Å². The van der Waals surface area contributed by atoms with Gasteiger partial charge in [-0.15, -0.1) is 0 Å². The third-order valence-corrected chi connectivity index (χ3v) is 4.12. The molecule has 0 aliphatic rings. The maximum Gasteiger partial charge on any atom is 0.325 e. The van der Waals surface area contributed by atoms with Gasteiger partial charge in [0.2, 0.25) is 10.0 Å². The van der Waals surface area contributed by atoms with E-state index in [0.717, 1.165) is 6.20 Å². The number of nitrogens with one attached hydrogen (secondary N) is 3. The van der Waals surface area contributed by atoms with Crippen molar-refractivity contribution in [3.8, 4) is 0 Å². The number of aromatic nitrogens is 2. The summed E-state index contributed by atoms with van der Waals surface area (Å²) in [5.74, 6) is -0.310. The molecule has 0 radical (unpaired) electrons. The molecule has 10 heteroatoms. The van der Waals surface area contributed by atoms with Crippen molar-refractivity contribution in [2.45, 2.75) is 30.6 Å². The van der Waals surface area contributed by atoms with Crippen LogP contribution in [0.15, 0.2) is 20.7 Å². The van der Waals surface area contributed by atoms with Gasteiger partial charge in [0.25, 0.3) is 5.56 Å². The van der Waals surface area contributed by atoms with Gasteiger partial charge in [0, 0.05) is 19.2 Å².